The van der Waals surface area contributed by atoms with Gasteiger partial charge in [0.05, 0.1) is 10.5 Å². The van der Waals surface area contributed by atoms with E-state index in [1.165, 1.54) is 0 Å². The van der Waals surface area contributed by atoms with Gasteiger partial charge in [-0.05, 0) is 18.2 Å². The number of carboxylic acids is 1. The van der Waals surface area contributed by atoms with Gasteiger partial charge < -0.3 is 5.11 Å². The molecule has 1 aromatic carbocycles. The molecule has 7 heteroatoms. The van der Waals surface area contributed by atoms with Crippen LogP contribution in [0.25, 0.3) is 6.08 Å². The second-order valence-corrected chi connectivity index (χ2v) is 2.73. The second-order valence-electron chi connectivity index (χ2n) is 2.73. The van der Waals surface area contributed by atoms with Crippen LogP contribution in [0.3, 0.4) is 0 Å². The minimum absolute atomic E-state index is 0.314. The Hall–Kier alpha value is -2.31. The first-order valence-electron chi connectivity index (χ1n) is 3.97. The molecule has 0 saturated carbocycles. The van der Waals surface area contributed by atoms with Crippen LogP contribution in [0.1, 0.15) is 5.56 Å². The van der Waals surface area contributed by atoms with E-state index in [-0.39, 0.29) is 5.56 Å². The molecule has 0 heterocycles. The van der Waals surface area contributed by atoms with Crippen molar-refractivity contribution in [1.29, 1.82) is 0 Å². The Morgan fingerprint density at radius 1 is 1.44 bits per heavy atom. The molecular formula is C9H5F2NO4. The van der Waals surface area contributed by atoms with E-state index in [1.54, 1.807) is 0 Å². The summed E-state index contributed by atoms with van der Waals surface area (Å²) < 4.78 is 25.7. The van der Waals surface area contributed by atoms with Gasteiger partial charge in [0.2, 0.25) is 5.82 Å². The van der Waals surface area contributed by atoms with Crippen LogP contribution in [0.5, 0.6) is 0 Å². The SMILES string of the molecule is O=C(O)/C=C/c1ccc(F)c(F)c1[N+](=O)[O-]. The Morgan fingerprint density at radius 3 is 2.56 bits per heavy atom. The van der Waals surface area contributed by atoms with Crippen molar-refractivity contribution in [3.63, 3.8) is 0 Å². The van der Waals surface area contributed by atoms with Gasteiger partial charge in [0.25, 0.3) is 0 Å². The van der Waals surface area contributed by atoms with Crippen LogP contribution < -0.4 is 0 Å². The van der Waals surface area contributed by atoms with E-state index in [1.807, 2.05) is 0 Å². The first-order valence-corrected chi connectivity index (χ1v) is 3.97. The van der Waals surface area contributed by atoms with Gasteiger partial charge in [-0.15, -0.1) is 0 Å². The molecule has 0 amide bonds. The Balaban J connectivity index is 3.34. The summed E-state index contributed by atoms with van der Waals surface area (Å²) in [6.07, 6.45) is 1.42. The molecule has 1 aromatic rings. The molecule has 0 fully saturated rings. The number of nitro benzene ring substituents is 1. The van der Waals surface area contributed by atoms with Gasteiger partial charge in [0.1, 0.15) is 0 Å². The molecular weight excluding hydrogens is 224 g/mol. The predicted octanol–water partition coefficient (Wildman–Crippen LogP) is 1.97. The minimum atomic E-state index is -1.61. The van der Waals surface area contributed by atoms with E-state index in [2.05, 4.69) is 0 Å². The molecule has 1 rings (SSSR count). The van der Waals surface area contributed by atoms with Crippen LogP contribution in [0.4, 0.5) is 14.5 Å². The third kappa shape index (κ3) is 2.38. The number of halogens is 2. The molecule has 0 unspecified atom stereocenters. The van der Waals surface area contributed by atoms with Crippen molar-refractivity contribution in [3.05, 3.63) is 45.5 Å². The molecule has 0 aromatic heterocycles. The van der Waals surface area contributed by atoms with Gasteiger partial charge in [-0.1, -0.05) is 0 Å². The van der Waals surface area contributed by atoms with Crippen molar-refractivity contribution in [2.75, 3.05) is 0 Å². The standard InChI is InChI=1S/C9H5F2NO4/c10-6-3-1-5(2-4-7(13)14)9(8(6)11)12(15)16/h1-4H,(H,13,14)/b4-2+. The van der Waals surface area contributed by atoms with E-state index in [0.29, 0.717) is 12.1 Å². The lowest BCUT2D eigenvalue weighted by atomic mass is 10.1. The summed E-state index contributed by atoms with van der Waals surface area (Å²) in [6, 6.07) is 1.61. The molecule has 84 valence electrons. The van der Waals surface area contributed by atoms with E-state index < -0.39 is 28.2 Å². The maximum atomic E-state index is 13.0. The highest BCUT2D eigenvalue weighted by molar-refractivity contribution is 5.86. The van der Waals surface area contributed by atoms with Crippen molar-refractivity contribution in [2.24, 2.45) is 0 Å². The normalized spacial score (nSPS) is 10.6. The predicted molar refractivity (Wildman–Crippen MR) is 49.7 cm³/mol. The maximum absolute atomic E-state index is 13.0. The molecule has 16 heavy (non-hydrogen) atoms. The zero-order valence-electron chi connectivity index (χ0n) is 7.68. The smallest absolute Gasteiger partial charge is 0.328 e. The number of carbonyl (C=O) groups is 1. The number of rotatable bonds is 3. The van der Waals surface area contributed by atoms with Crippen molar-refractivity contribution in [2.45, 2.75) is 0 Å². The van der Waals surface area contributed by atoms with Crippen molar-refractivity contribution >= 4 is 17.7 Å². The lowest BCUT2D eigenvalue weighted by molar-refractivity contribution is -0.388. The Labute approximate surface area is 87.8 Å². The fourth-order valence-electron chi connectivity index (χ4n) is 1.04. The number of nitro groups is 1. The van der Waals surface area contributed by atoms with Crippen LogP contribution in [0.15, 0.2) is 18.2 Å². The molecule has 1 N–H and O–H groups in total. The zero-order valence-corrected chi connectivity index (χ0v) is 7.68. The molecule has 0 saturated heterocycles. The highest BCUT2D eigenvalue weighted by Gasteiger charge is 2.22. The molecule has 0 aliphatic heterocycles. The van der Waals surface area contributed by atoms with Gasteiger partial charge in [-0.2, -0.15) is 4.39 Å². The molecule has 5 nitrogen and oxygen atoms in total. The summed E-state index contributed by atoms with van der Waals surface area (Å²) in [5.74, 6) is -4.32. The second kappa shape index (κ2) is 4.47. The molecule has 0 aliphatic rings. The average molecular weight is 229 g/mol. The lowest BCUT2D eigenvalue weighted by Gasteiger charge is -1.99. The third-order valence-electron chi connectivity index (χ3n) is 1.69. The summed E-state index contributed by atoms with van der Waals surface area (Å²) >= 11 is 0. The average Bonchev–Trinajstić information content (AvgIpc) is 2.19. The number of hydrogen-bond donors (Lipinski definition) is 1. The van der Waals surface area contributed by atoms with Gasteiger partial charge in [0, 0.05) is 6.08 Å². The molecule has 0 radical (unpaired) electrons. The molecule has 0 aliphatic carbocycles. The topological polar surface area (TPSA) is 80.4 Å². The third-order valence-corrected chi connectivity index (χ3v) is 1.69. The Kier molecular flexibility index (Phi) is 3.29. The van der Waals surface area contributed by atoms with E-state index in [4.69, 9.17) is 5.11 Å². The number of benzene rings is 1. The largest absolute Gasteiger partial charge is 0.478 e. The van der Waals surface area contributed by atoms with Gasteiger partial charge in [-0.3, -0.25) is 10.1 Å². The van der Waals surface area contributed by atoms with Crippen molar-refractivity contribution in [3.8, 4) is 0 Å². The summed E-state index contributed by atoms with van der Waals surface area (Å²) in [4.78, 5) is 19.5. The highest BCUT2D eigenvalue weighted by Crippen LogP contribution is 2.25. The van der Waals surface area contributed by atoms with E-state index >= 15 is 0 Å². The highest BCUT2D eigenvalue weighted by atomic mass is 19.2. The van der Waals surface area contributed by atoms with Crippen molar-refractivity contribution in [1.82, 2.24) is 0 Å². The maximum Gasteiger partial charge on any atom is 0.328 e. The fraction of sp³-hybridized carbons (Fsp3) is 0. The van der Waals surface area contributed by atoms with Crippen LogP contribution in [-0.4, -0.2) is 16.0 Å². The van der Waals surface area contributed by atoms with E-state index in [0.717, 1.165) is 12.1 Å². The van der Waals surface area contributed by atoms with Crippen molar-refractivity contribution < 1.29 is 23.6 Å². The van der Waals surface area contributed by atoms with Crippen LogP contribution >= 0.6 is 0 Å². The first kappa shape index (κ1) is 11.8. The van der Waals surface area contributed by atoms with Crippen LogP contribution in [0.2, 0.25) is 0 Å². The Morgan fingerprint density at radius 2 is 2.06 bits per heavy atom. The van der Waals surface area contributed by atoms with Crippen LogP contribution in [0, 0.1) is 21.7 Å². The number of aliphatic carboxylic acids is 1. The van der Waals surface area contributed by atoms with Crippen LogP contribution in [-0.2, 0) is 4.79 Å². The summed E-state index contributed by atoms with van der Waals surface area (Å²) in [7, 11) is 0. The molecule has 0 atom stereocenters. The summed E-state index contributed by atoms with van der Waals surface area (Å²) in [5.41, 5.74) is -1.40. The molecule has 0 bridgehead atoms. The summed E-state index contributed by atoms with van der Waals surface area (Å²) in [6.45, 7) is 0. The van der Waals surface area contributed by atoms with Gasteiger partial charge >= 0.3 is 11.7 Å². The number of nitrogens with zero attached hydrogens (tertiary/aromatic N) is 1. The number of carboxylic acid groups (broad SMARTS) is 1. The fourth-order valence-corrected chi connectivity index (χ4v) is 1.04. The number of hydrogen-bond acceptors (Lipinski definition) is 3. The first-order chi connectivity index (χ1) is 7.43. The van der Waals surface area contributed by atoms with E-state index in [9.17, 15) is 23.7 Å². The Bertz CT molecular complexity index is 485. The molecule has 0 spiro atoms. The quantitative estimate of drug-likeness (QED) is 0.488. The monoisotopic (exact) mass is 229 g/mol. The lowest BCUT2D eigenvalue weighted by Crippen LogP contribution is -1.99. The zero-order chi connectivity index (χ0) is 12.3. The van der Waals surface area contributed by atoms with Gasteiger partial charge in [-0.25, -0.2) is 9.18 Å². The minimum Gasteiger partial charge on any atom is -0.478 e. The van der Waals surface area contributed by atoms with Gasteiger partial charge in [0.15, 0.2) is 5.82 Å². The summed E-state index contributed by atoms with van der Waals surface area (Å²) in [5, 5.41) is 18.8.